The number of nitrogens with one attached hydrogen (secondary N) is 1. The van der Waals surface area contributed by atoms with Crippen molar-refractivity contribution in [3.8, 4) is 17.2 Å². The summed E-state index contributed by atoms with van der Waals surface area (Å²) in [4.78, 5) is 39.6. The van der Waals surface area contributed by atoms with Gasteiger partial charge in [0, 0.05) is 36.1 Å². The highest BCUT2D eigenvalue weighted by Gasteiger charge is 2.45. The molecule has 0 aliphatic carbocycles. The number of benzene rings is 2. The van der Waals surface area contributed by atoms with Crippen LogP contribution in [0.3, 0.4) is 0 Å². The highest BCUT2D eigenvalue weighted by atomic mass is 32.2. The Kier molecular flexibility index (Phi) is 9.24. The second kappa shape index (κ2) is 13.3. The fraction of sp³-hybridized carbons (Fsp3) is 0.486. The molecule has 274 valence electrons. The van der Waals surface area contributed by atoms with E-state index in [1.165, 1.54) is 23.9 Å². The van der Waals surface area contributed by atoms with Gasteiger partial charge in [-0.25, -0.2) is 28.3 Å². The number of likely N-dealkylation sites (tertiary alicyclic amines) is 1. The Balaban J connectivity index is 1.39. The Hall–Kier alpha value is -4.26. The van der Waals surface area contributed by atoms with Crippen molar-refractivity contribution in [3.63, 3.8) is 0 Å². The lowest BCUT2D eigenvalue weighted by Gasteiger charge is -2.42. The Morgan fingerprint density at radius 2 is 1.71 bits per heavy atom. The lowest BCUT2D eigenvalue weighted by Crippen LogP contribution is -2.56. The number of piperazine rings is 1. The number of nitriles is 1. The molecule has 1 N–H and O–H groups in total. The van der Waals surface area contributed by atoms with Gasteiger partial charge in [0.05, 0.1) is 28.9 Å². The van der Waals surface area contributed by atoms with E-state index < -0.39 is 28.9 Å². The molecule has 2 unspecified atom stereocenters. The quantitative estimate of drug-likeness (QED) is 0.156. The first kappa shape index (κ1) is 36.1. The summed E-state index contributed by atoms with van der Waals surface area (Å²) >= 11 is 2.28. The van der Waals surface area contributed by atoms with Gasteiger partial charge in [0.1, 0.15) is 39.4 Å². The standard InChI is InChI=1S/C37H40F2N6O5S2/c1-8-51-33-41-29-27(31(42-33)45-18-9-10-19(45)15-44(14-18)35(47)50-37(5,6)7)23-17-48-16-22(23)25(28(29)39)20-11-12-24(38)30-26(20)21(13-40)32(52-30)43-34(46)49-36(2,3)4/h11-12,18-19H,8-10,14-17H2,1-7H3,(H,43,46). The molecule has 2 saturated heterocycles. The summed E-state index contributed by atoms with van der Waals surface area (Å²) < 4.78 is 50.1. The fourth-order valence-electron chi connectivity index (χ4n) is 7.35. The summed E-state index contributed by atoms with van der Waals surface area (Å²) in [5.41, 5.74) is 0.416. The molecule has 2 aromatic carbocycles. The number of thioether (sulfide) groups is 1. The maximum Gasteiger partial charge on any atom is 0.412 e. The van der Waals surface area contributed by atoms with Crippen LogP contribution < -0.4 is 10.2 Å². The Bertz CT molecular complexity index is 2160. The third kappa shape index (κ3) is 6.49. The van der Waals surface area contributed by atoms with Gasteiger partial charge in [-0.05, 0) is 82.9 Å². The summed E-state index contributed by atoms with van der Waals surface area (Å²) in [6, 6.07) is 4.68. The predicted molar refractivity (Wildman–Crippen MR) is 197 cm³/mol. The van der Waals surface area contributed by atoms with Gasteiger partial charge in [-0.2, -0.15) is 5.26 Å². The smallest absolute Gasteiger partial charge is 0.412 e. The van der Waals surface area contributed by atoms with Crippen LogP contribution in [-0.2, 0) is 27.4 Å². The van der Waals surface area contributed by atoms with Crippen molar-refractivity contribution in [2.24, 2.45) is 0 Å². The Morgan fingerprint density at radius 3 is 2.35 bits per heavy atom. The number of thiophene rings is 1. The predicted octanol–water partition coefficient (Wildman–Crippen LogP) is 8.74. The van der Waals surface area contributed by atoms with Crippen molar-refractivity contribution < 1.29 is 32.6 Å². The summed E-state index contributed by atoms with van der Waals surface area (Å²) in [6.07, 6.45) is 0.499. The number of aromatic nitrogens is 2. The molecular formula is C37H40F2N6O5S2. The highest BCUT2D eigenvalue weighted by Crippen LogP contribution is 2.49. The van der Waals surface area contributed by atoms with Gasteiger partial charge in [-0.3, -0.25) is 5.32 Å². The van der Waals surface area contributed by atoms with E-state index in [0.717, 1.165) is 29.7 Å². The molecule has 3 aliphatic heterocycles. The minimum atomic E-state index is -0.806. The third-order valence-corrected chi connectivity index (χ3v) is 11.0. The van der Waals surface area contributed by atoms with Crippen molar-refractivity contribution in [2.75, 3.05) is 29.1 Å². The largest absolute Gasteiger partial charge is 0.444 e. The van der Waals surface area contributed by atoms with Crippen LogP contribution in [0.2, 0.25) is 0 Å². The maximum atomic E-state index is 17.5. The molecule has 2 aromatic heterocycles. The van der Waals surface area contributed by atoms with Crippen molar-refractivity contribution in [3.05, 3.63) is 40.5 Å². The molecule has 4 aromatic rings. The minimum absolute atomic E-state index is 0.00226. The molecule has 0 radical (unpaired) electrons. The minimum Gasteiger partial charge on any atom is -0.444 e. The first-order valence-corrected chi connectivity index (χ1v) is 19.1. The molecule has 0 spiro atoms. The Morgan fingerprint density at radius 1 is 1.04 bits per heavy atom. The van der Waals surface area contributed by atoms with Gasteiger partial charge in [-0.15, -0.1) is 11.3 Å². The van der Waals surface area contributed by atoms with Crippen LogP contribution in [-0.4, -0.2) is 69.2 Å². The van der Waals surface area contributed by atoms with Crippen molar-refractivity contribution in [1.29, 1.82) is 5.26 Å². The summed E-state index contributed by atoms with van der Waals surface area (Å²) in [5.74, 6) is 0.00837. The SMILES string of the molecule is CCSc1nc(N2C3CCC2CN(C(=O)OC(C)(C)C)C3)c2c3c(c(-c4ccc(F)c5sc(NC(=O)OC(C)(C)C)c(C#N)c45)c(F)c2n1)COC3. The molecular weight excluding hydrogens is 711 g/mol. The van der Waals surface area contributed by atoms with Crippen molar-refractivity contribution in [1.82, 2.24) is 14.9 Å². The Labute approximate surface area is 308 Å². The molecule has 52 heavy (non-hydrogen) atoms. The van der Waals surface area contributed by atoms with E-state index in [2.05, 4.69) is 16.3 Å². The molecule has 7 rings (SSSR count). The number of hydrogen-bond donors (Lipinski definition) is 1. The van der Waals surface area contributed by atoms with Gasteiger partial charge < -0.3 is 24.0 Å². The molecule has 11 nitrogen and oxygen atoms in total. The van der Waals surface area contributed by atoms with E-state index in [-0.39, 0.29) is 63.1 Å². The molecule has 0 saturated carbocycles. The van der Waals surface area contributed by atoms with Gasteiger partial charge in [0.15, 0.2) is 11.0 Å². The normalized spacial score (nSPS) is 18.5. The molecule has 15 heteroatoms. The maximum absolute atomic E-state index is 17.5. The molecule has 2 fully saturated rings. The first-order valence-electron chi connectivity index (χ1n) is 17.3. The third-order valence-electron chi connectivity index (χ3n) is 9.20. The van der Waals surface area contributed by atoms with E-state index in [1.807, 2.05) is 27.7 Å². The van der Waals surface area contributed by atoms with Crippen molar-refractivity contribution >= 4 is 67.1 Å². The number of halogens is 2. The first-order chi connectivity index (χ1) is 24.6. The summed E-state index contributed by atoms with van der Waals surface area (Å²) in [6.45, 7) is 13.8. The van der Waals surface area contributed by atoms with Crippen LogP contribution in [0.5, 0.6) is 0 Å². The summed E-state index contributed by atoms with van der Waals surface area (Å²) in [7, 11) is 0. The highest BCUT2D eigenvalue weighted by molar-refractivity contribution is 7.99. The van der Waals surface area contributed by atoms with E-state index in [4.69, 9.17) is 24.2 Å². The van der Waals surface area contributed by atoms with Gasteiger partial charge >= 0.3 is 12.2 Å². The molecule has 2 atom stereocenters. The van der Waals surface area contributed by atoms with Crippen LogP contribution in [0.25, 0.3) is 32.1 Å². The number of nitrogens with zero attached hydrogens (tertiary/aromatic N) is 5. The monoisotopic (exact) mass is 750 g/mol. The van der Waals surface area contributed by atoms with Gasteiger partial charge in [0.2, 0.25) is 0 Å². The number of carbonyl (C=O) groups excluding carboxylic acids is 2. The molecule has 5 heterocycles. The number of hydrogen-bond acceptors (Lipinski definition) is 11. The van der Waals surface area contributed by atoms with E-state index in [0.29, 0.717) is 46.3 Å². The number of rotatable bonds is 5. The van der Waals surface area contributed by atoms with E-state index in [1.54, 1.807) is 25.7 Å². The number of amides is 2. The second-order valence-electron chi connectivity index (χ2n) is 15.1. The van der Waals surface area contributed by atoms with Crippen LogP contribution in [0.4, 0.5) is 29.2 Å². The van der Waals surface area contributed by atoms with Crippen molar-refractivity contribution in [2.45, 2.75) is 103 Å². The van der Waals surface area contributed by atoms with Gasteiger partial charge in [0.25, 0.3) is 0 Å². The number of fused-ring (bicyclic) bond motifs is 6. The fourth-order valence-corrected chi connectivity index (χ4v) is 8.98. The van der Waals surface area contributed by atoms with Crippen LogP contribution in [0.15, 0.2) is 17.3 Å². The lowest BCUT2D eigenvalue weighted by atomic mass is 9.90. The molecule has 3 aliphatic rings. The number of carbonyl (C=O) groups is 2. The lowest BCUT2D eigenvalue weighted by molar-refractivity contribution is 0.0209. The number of ether oxygens (including phenoxy) is 3. The topological polar surface area (TPSA) is 130 Å². The molecule has 2 bridgehead atoms. The number of anilines is 2. The van der Waals surface area contributed by atoms with Crippen LogP contribution in [0, 0.1) is 23.0 Å². The van der Waals surface area contributed by atoms with Crippen LogP contribution in [0.1, 0.15) is 78.0 Å². The van der Waals surface area contributed by atoms with E-state index >= 15 is 8.78 Å². The van der Waals surface area contributed by atoms with Gasteiger partial charge in [-0.1, -0.05) is 24.8 Å². The average Bonchev–Trinajstić information content (AvgIpc) is 3.74. The summed E-state index contributed by atoms with van der Waals surface area (Å²) in [5, 5.41) is 14.2. The van der Waals surface area contributed by atoms with E-state index in [9.17, 15) is 14.9 Å². The zero-order valence-electron chi connectivity index (χ0n) is 30.1. The second-order valence-corrected chi connectivity index (χ2v) is 17.4. The zero-order valence-corrected chi connectivity index (χ0v) is 31.7. The molecule has 2 amide bonds. The van der Waals surface area contributed by atoms with Crippen LogP contribution >= 0.6 is 23.1 Å². The average molecular weight is 751 g/mol. The zero-order chi connectivity index (χ0) is 37.3.